The summed E-state index contributed by atoms with van der Waals surface area (Å²) in [5.41, 5.74) is 1.17. The van der Waals surface area contributed by atoms with Gasteiger partial charge in [0, 0.05) is 12.0 Å². The minimum absolute atomic E-state index is 0.0730. The van der Waals surface area contributed by atoms with Crippen molar-refractivity contribution < 1.29 is 13.3 Å². The first-order chi connectivity index (χ1) is 11.6. The molecule has 0 atom stereocenters. The van der Waals surface area contributed by atoms with Crippen LogP contribution in [0.2, 0.25) is 0 Å². The SMILES string of the molecule is N#Cc1ccc(Cn2c(Cc3ccc(F)cc3)noc2=O)c(F)c1. The van der Waals surface area contributed by atoms with Crippen molar-refractivity contribution in [1.82, 2.24) is 9.72 Å². The molecule has 0 amide bonds. The van der Waals surface area contributed by atoms with Crippen LogP contribution in [0.4, 0.5) is 8.78 Å². The van der Waals surface area contributed by atoms with E-state index in [1.54, 1.807) is 12.1 Å². The van der Waals surface area contributed by atoms with Gasteiger partial charge in [0.2, 0.25) is 0 Å². The van der Waals surface area contributed by atoms with Crippen LogP contribution in [0.15, 0.2) is 51.8 Å². The molecule has 0 aliphatic heterocycles. The van der Waals surface area contributed by atoms with E-state index >= 15 is 0 Å². The maximum atomic E-state index is 14.0. The normalized spacial score (nSPS) is 10.5. The average molecular weight is 327 g/mol. The van der Waals surface area contributed by atoms with Crippen molar-refractivity contribution in [1.29, 1.82) is 5.26 Å². The number of halogens is 2. The van der Waals surface area contributed by atoms with Crippen LogP contribution >= 0.6 is 0 Å². The highest BCUT2D eigenvalue weighted by Crippen LogP contribution is 2.13. The van der Waals surface area contributed by atoms with Crippen LogP contribution in [-0.4, -0.2) is 9.72 Å². The van der Waals surface area contributed by atoms with Gasteiger partial charge in [0.05, 0.1) is 18.2 Å². The molecule has 5 nitrogen and oxygen atoms in total. The van der Waals surface area contributed by atoms with Crippen molar-refractivity contribution in [3.63, 3.8) is 0 Å². The number of hydrogen-bond donors (Lipinski definition) is 0. The largest absolute Gasteiger partial charge is 0.441 e. The van der Waals surface area contributed by atoms with Crippen LogP contribution < -0.4 is 5.76 Å². The molecular formula is C17H11F2N3O2. The molecule has 0 aliphatic rings. The number of hydrogen-bond acceptors (Lipinski definition) is 4. The highest BCUT2D eigenvalue weighted by Gasteiger charge is 2.14. The second-order valence-corrected chi connectivity index (χ2v) is 5.17. The smallest absolute Gasteiger partial charge is 0.296 e. The lowest BCUT2D eigenvalue weighted by atomic mass is 10.1. The van der Waals surface area contributed by atoms with E-state index in [1.807, 2.05) is 6.07 Å². The van der Waals surface area contributed by atoms with Crippen molar-refractivity contribution in [2.24, 2.45) is 0 Å². The second-order valence-electron chi connectivity index (χ2n) is 5.17. The second kappa shape index (κ2) is 6.46. The zero-order valence-corrected chi connectivity index (χ0v) is 12.4. The van der Waals surface area contributed by atoms with E-state index in [1.165, 1.54) is 28.8 Å². The number of rotatable bonds is 4. The molecular weight excluding hydrogens is 316 g/mol. The minimum Gasteiger partial charge on any atom is -0.296 e. The average Bonchev–Trinajstić information content (AvgIpc) is 2.92. The van der Waals surface area contributed by atoms with Gasteiger partial charge >= 0.3 is 5.76 Å². The summed E-state index contributed by atoms with van der Waals surface area (Å²) in [6, 6.07) is 11.6. The predicted octanol–water partition coefficient (Wildman–Crippen LogP) is 2.63. The Hall–Kier alpha value is -3.27. The van der Waals surface area contributed by atoms with Crippen molar-refractivity contribution >= 4 is 0 Å². The maximum Gasteiger partial charge on any atom is 0.441 e. The van der Waals surface area contributed by atoms with Gasteiger partial charge in [-0.1, -0.05) is 23.4 Å². The quantitative estimate of drug-likeness (QED) is 0.738. The lowest BCUT2D eigenvalue weighted by Gasteiger charge is -2.06. The van der Waals surface area contributed by atoms with Gasteiger partial charge in [-0.15, -0.1) is 0 Å². The van der Waals surface area contributed by atoms with E-state index in [4.69, 9.17) is 5.26 Å². The molecule has 0 unspecified atom stereocenters. The molecule has 1 heterocycles. The van der Waals surface area contributed by atoms with E-state index in [0.717, 1.165) is 11.6 Å². The highest BCUT2D eigenvalue weighted by molar-refractivity contribution is 5.33. The van der Waals surface area contributed by atoms with E-state index in [9.17, 15) is 13.6 Å². The summed E-state index contributed by atoms with van der Waals surface area (Å²) in [5, 5.41) is 12.5. The fourth-order valence-electron chi connectivity index (χ4n) is 2.28. The summed E-state index contributed by atoms with van der Waals surface area (Å²) >= 11 is 0. The molecule has 0 bridgehead atoms. The molecule has 0 N–H and O–H groups in total. The van der Waals surface area contributed by atoms with Gasteiger partial charge in [-0.3, -0.25) is 9.09 Å². The third-order valence-corrected chi connectivity index (χ3v) is 3.55. The summed E-state index contributed by atoms with van der Waals surface area (Å²) < 4.78 is 32.8. The molecule has 0 fully saturated rings. The Morgan fingerprint density at radius 2 is 1.92 bits per heavy atom. The predicted molar refractivity (Wildman–Crippen MR) is 80.2 cm³/mol. The molecule has 2 aromatic carbocycles. The Morgan fingerprint density at radius 3 is 2.58 bits per heavy atom. The molecule has 24 heavy (non-hydrogen) atoms. The van der Waals surface area contributed by atoms with Crippen molar-refractivity contribution in [2.45, 2.75) is 13.0 Å². The Morgan fingerprint density at radius 1 is 1.17 bits per heavy atom. The first kappa shape index (κ1) is 15.6. The van der Waals surface area contributed by atoms with Gasteiger partial charge in [-0.05, 0) is 29.8 Å². The standard InChI is InChI=1S/C17H11F2N3O2/c18-14-5-2-11(3-6-14)8-16-21-24-17(23)22(16)10-13-4-1-12(9-20)7-15(13)19/h1-7H,8,10H2. The van der Waals surface area contributed by atoms with Crippen LogP contribution in [0, 0.1) is 23.0 Å². The van der Waals surface area contributed by atoms with Crippen LogP contribution in [-0.2, 0) is 13.0 Å². The van der Waals surface area contributed by atoms with E-state index in [2.05, 4.69) is 9.68 Å². The third-order valence-electron chi connectivity index (χ3n) is 3.55. The molecule has 120 valence electrons. The van der Waals surface area contributed by atoms with Gasteiger partial charge in [-0.25, -0.2) is 13.6 Å². The van der Waals surface area contributed by atoms with E-state index in [0.29, 0.717) is 5.82 Å². The highest BCUT2D eigenvalue weighted by atomic mass is 19.1. The number of nitrogens with zero attached hydrogens (tertiary/aromatic N) is 3. The molecule has 7 heteroatoms. The molecule has 1 aromatic heterocycles. The third kappa shape index (κ3) is 3.22. The van der Waals surface area contributed by atoms with Crippen LogP contribution in [0.5, 0.6) is 0 Å². The topological polar surface area (TPSA) is 71.8 Å². The van der Waals surface area contributed by atoms with Crippen LogP contribution in [0.25, 0.3) is 0 Å². The Bertz CT molecular complexity index is 969. The summed E-state index contributed by atoms with van der Waals surface area (Å²) in [6.45, 7) is -0.0730. The summed E-state index contributed by atoms with van der Waals surface area (Å²) in [5.74, 6) is -1.36. The summed E-state index contributed by atoms with van der Waals surface area (Å²) in [6.07, 6.45) is 0.240. The molecule has 0 saturated carbocycles. The fraction of sp³-hybridized carbons (Fsp3) is 0.118. The Labute approximate surface area is 135 Å². The molecule has 0 spiro atoms. The summed E-state index contributed by atoms with van der Waals surface area (Å²) in [7, 11) is 0. The van der Waals surface area contributed by atoms with Crippen molar-refractivity contribution in [2.75, 3.05) is 0 Å². The van der Waals surface area contributed by atoms with Crippen LogP contribution in [0.3, 0.4) is 0 Å². The molecule has 0 aliphatic carbocycles. The molecule has 3 rings (SSSR count). The number of benzene rings is 2. The van der Waals surface area contributed by atoms with Crippen molar-refractivity contribution in [3.05, 3.63) is 87.2 Å². The van der Waals surface area contributed by atoms with Gasteiger partial charge in [-0.2, -0.15) is 5.26 Å². The van der Waals surface area contributed by atoms with E-state index < -0.39 is 11.6 Å². The Kier molecular flexibility index (Phi) is 4.20. The number of aromatic nitrogens is 2. The van der Waals surface area contributed by atoms with E-state index in [-0.39, 0.29) is 29.9 Å². The van der Waals surface area contributed by atoms with Gasteiger partial charge < -0.3 is 0 Å². The van der Waals surface area contributed by atoms with Crippen LogP contribution in [0.1, 0.15) is 22.5 Å². The lowest BCUT2D eigenvalue weighted by Crippen LogP contribution is -2.19. The lowest BCUT2D eigenvalue weighted by molar-refractivity contribution is 0.375. The first-order valence-corrected chi connectivity index (χ1v) is 7.05. The van der Waals surface area contributed by atoms with Gasteiger partial charge in [0.25, 0.3) is 0 Å². The van der Waals surface area contributed by atoms with Crippen molar-refractivity contribution in [3.8, 4) is 6.07 Å². The Balaban J connectivity index is 1.89. The van der Waals surface area contributed by atoms with Gasteiger partial charge in [0.15, 0.2) is 5.82 Å². The fourth-order valence-corrected chi connectivity index (χ4v) is 2.28. The maximum absolute atomic E-state index is 14.0. The first-order valence-electron chi connectivity index (χ1n) is 7.05. The van der Waals surface area contributed by atoms with Gasteiger partial charge in [0.1, 0.15) is 11.6 Å². The zero-order valence-electron chi connectivity index (χ0n) is 12.4. The monoisotopic (exact) mass is 327 g/mol. The number of nitriles is 1. The molecule has 3 aromatic rings. The molecule has 0 saturated heterocycles. The zero-order chi connectivity index (χ0) is 17.1. The summed E-state index contributed by atoms with van der Waals surface area (Å²) in [4.78, 5) is 11.8. The minimum atomic E-state index is -0.712. The molecule has 0 radical (unpaired) electrons.